The third kappa shape index (κ3) is 5.38. The van der Waals surface area contributed by atoms with Gasteiger partial charge in [0.05, 0.1) is 12.2 Å². The predicted molar refractivity (Wildman–Crippen MR) is 122 cm³/mol. The third-order valence-corrected chi connectivity index (χ3v) is 6.35. The highest BCUT2D eigenvalue weighted by molar-refractivity contribution is 7.80. The lowest BCUT2D eigenvalue weighted by molar-refractivity contribution is 0.0526. The maximum absolute atomic E-state index is 12.7. The second-order valence-corrected chi connectivity index (χ2v) is 8.97. The van der Waals surface area contributed by atoms with E-state index in [0.29, 0.717) is 33.0 Å². The van der Waals surface area contributed by atoms with Gasteiger partial charge in [0.15, 0.2) is 5.11 Å². The van der Waals surface area contributed by atoms with Gasteiger partial charge in [0, 0.05) is 20.6 Å². The first kappa shape index (κ1) is 21.4. The topological polar surface area (TPSA) is 50.4 Å². The number of carbonyl (C=O) groups excluding carboxylic acids is 1. The molecule has 150 valence electrons. The SMILES string of the molecule is CCOC(=O)c1c(NC(=S)Nc2cc(Cl)cc(Cl)c2)sc2c1CCCCCC2. The Bertz CT molecular complexity index is 863. The first-order chi connectivity index (χ1) is 13.5. The molecule has 3 rings (SSSR count). The number of ether oxygens (including phenoxy) is 1. The smallest absolute Gasteiger partial charge is 0.341 e. The average molecular weight is 457 g/mol. The minimum Gasteiger partial charge on any atom is -0.462 e. The second kappa shape index (κ2) is 9.92. The molecule has 2 N–H and O–H groups in total. The number of esters is 1. The number of nitrogens with one attached hydrogen (secondary N) is 2. The van der Waals surface area contributed by atoms with Crippen LogP contribution in [0.3, 0.4) is 0 Å². The summed E-state index contributed by atoms with van der Waals surface area (Å²) in [6.45, 7) is 2.16. The van der Waals surface area contributed by atoms with E-state index in [4.69, 9.17) is 40.2 Å². The van der Waals surface area contributed by atoms with Crippen LogP contribution in [0, 0.1) is 0 Å². The van der Waals surface area contributed by atoms with Gasteiger partial charge in [-0.2, -0.15) is 0 Å². The van der Waals surface area contributed by atoms with Gasteiger partial charge in [-0.05, 0) is 68.6 Å². The van der Waals surface area contributed by atoms with Crippen LogP contribution in [0.15, 0.2) is 18.2 Å². The molecule has 1 aromatic carbocycles. The lowest BCUT2D eigenvalue weighted by atomic mass is 9.96. The summed E-state index contributed by atoms with van der Waals surface area (Å²) in [4.78, 5) is 13.9. The molecule has 8 heteroatoms. The number of hydrogen-bond acceptors (Lipinski definition) is 4. The summed E-state index contributed by atoms with van der Waals surface area (Å²) in [6.07, 6.45) is 6.52. The molecule has 0 bridgehead atoms. The van der Waals surface area contributed by atoms with E-state index >= 15 is 0 Å². The van der Waals surface area contributed by atoms with E-state index in [9.17, 15) is 4.79 Å². The molecule has 0 aliphatic heterocycles. The number of halogens is 2. The van der Waals surface area contributed by atoms with Gasteiger partial charge in [-0.1, -0.05) is 36.0 Å². The molecule has 1 aliphatic carbocycles. The van der Waals surface area contributed by atoms with Crippen LogP contribution in [0.1, 0.15) is 53.4 Å². The van der Waals surface area contributed by atoms with Gasteiger partial charge < -0.3 is 15.4 Å². The quantitative estimate of drug-likeness (QED) is 0.395. The Morgan fingerprint density at radius 2 is 1.79 bits per heavy atom. The normalized spacial score (nSPS) is 13.8. The molecule has 0 spiro atoms. The van der Waals surface area contributed by atoms with Crippen molar-refractivity contribution in [2.75, 3.05) is 17.2 Å². The molecule has 1 aliphatic rings. The van der Waals surface area contributed by atoms with Crippen LogP contribution < -0.4 is 10.6 Å². The number of thiophene rings is 1. The van der Waals surface area contributed by atoms with E-state index in [1.54, 1.807) is 29.5 Å². The van der Waals surface area contributed by atoms with Gasteiger partial charge >= 0.3 is 5.97 Å². The van der Waals surface area contributed by atoms with E-state index in [2.05, 4.69) is 10.6 Å². The zero-order valence-corrected chi connectivity index (χ0v) is 18.7. The first-order valence-electron chi connectivity index (χ1n) is 9.33. The van der Waals surface area contributed by atoms with E-state index in [0.717, 1.165) is 36.2 Å². The lowest BCUT2D eigenvalue weighted by Gasteiger charge is -2.13. The molecule has 0 saturated carbocycles. The van der Waals surface area contributed by atoms with Crippen LogP contribution in [0.2, 0.25) is 10.0 Å². The van der Waals surface area contributed by atoms with Gasteiger partial charge in [0.1, 0.15) is 5.00 Å². The van der Waals surface area contributed by atoms with Crippen LogP contribution >= 0.6 is 46.8 Å². The summed E-state index contributed by atoms with van der Waals surface area (Å²) in [5, 5.41) is 8.41. The predicted octanol–water partition coefficient (Wildman–Crippen LogP) is 6.70. The highest BCUT2D eigenvalue weighted by Crippen LogP contribution is 2.37. The number of fused-ring (bicyclic) bond motifs is 1. The molecule has 0 unspecified atom stereocenters. The molecule has 2 aromatic rings. The zero-order chi connectivity index (χ0) is 20.1. The summed E-state index contributed by atoms with van der Waals surface area (Å²) in [5.74, 6) is -0.295. The van der Waals surface area contributed by atoms with Crippen molar-refractivity contribution in [2.45, 2.75) is 45.4 Å². The number of hydrogen-bond donors (Lipinski definition) is 2. The summed E-state index contributed by atoms with van der Waals surface area (Å²) in [5.41, 5.74) is 2.42. The van der Waals surface area contributed by atoms with Crippen molar-refractivity contribution in [3.05, 3.63) is 44.2 Å². The van der Waals surface area contributed by atoms with Crippen LogP contribution in [0.5, 0.6) is 0 Å². The highest BCUT2D eigenvalue weighted by Gasteiger charge is 2.25. The van der Waals surface area contributed by atoms with Crippen molar-refractivity contribution >= 4 is 68.5 Å². The lowest BCUT2D eigenvalue weighted by Crippen LogP contribution is -2.20. The largest absolute Gasteiger partial charge is 0.462 e. The molecular weight excluding hydrogens is 435 g/mol. The zero-order valence-electron chi connectivity index (χ0n) is 15.6. The average Bonchev–Trinajstić information content (AvgIpc) is 2.90. The highest BCUT2D eigenvalue weighted by atomic mass is 35.5. The molecule has 0 fully saturated rings. The number of thiocarbonyl (C=S) groups is 1. The van der Waals surface area contributed by atoms with Gasteiger partial charge in [-0.25, -0.2) is 4.79 Å². The molecule has 0 radical (unpaired) electrons. The fourth-order valence-electron chi connectivity index (χ4n) is 3.32. The van der Waals surface area contributed by atoms with E-state index in [-0.39, 0.29) is 5.97 Å². The van der Waals surface area contributed by atoms with Crippen LogP contribution in [-0.4, -0.2) is 17.7 Å². The summed E-state index contributed by atoms with van der Waals surface area (Å²) >= 11 is 19.1. The fourth-order valence-corrected chi connectivity index (χ4v) is 5.41. The Hall–Kier alpha value is -1.34. The first-order valence-corrected chi connectivity index (χ1v) is 11.3. The number of carbonyl (C=O) groups is 1. The Balaban J connectivity index is 1.86. The summed E-state index contributed by atoms with van der Waals surface area (Å²) in [7, 11) is 0. The van der Waals surface area contributed by atoms with Crippen LogP contribution in [0.25, 0.3) is 0 Å². The Morgan fingerprint density at radius 1 is 1.11 bits per heavy atom. The van der Waals surface area contributed by atoms with Crippen molar-refractivity contribution in [3.63, 3.8) is 0 Å². The molecule has 1 aromatic heterocycles. The van der Waals surface area contributed by atoms with Gasteiger partial charge in [0.2, 0.25) is 0 Å². The number of benzene rings is 1. The van der Waals surface area contributed by atoms with Gasteiger partial charge in [-0.15, -0.1) is 11.3 Å². The van der Waals surface area contributed by atoms with Crippen molar-refractivity contribution < 1.29 is 9.53 Å². The van der Waals surface area contributed by atoms with Crippen molar-refractivity contribution in [1.29, 1.82) is 0 Å². The monoisotopic (exact) mass is 456 g/mol. The van der Waals surface area contributed by atoms with Crippen molar-refractivity contribution in [3.8, 4) is 0 Å². The van der Waals surface area contributed by atoms with Crippen molar-refractivity contribution in [1.82, 2.24) is 0 Å². The van der Waals surface area contributed by atoms with E-state index < -0.39 is 0 Å². The van der Waals surface area contributed by atoms with E-state index in [1.165, 1.54) is 17.7 Å². The Labute approximate surface area is 184 Å². The maximum Gasteiger partial charge on any atom is 0.341 e. The van der Waals surface area contributed by atoms with Crippen LogP contribution in [0.4, 0.5) is 10.7 Å². The third-order valence-electron chi connectivity index (χ3n) is 4.50. The van der Waals surface area contributed by atoms with Crippen LogP contribution in [-0.2, 0) is 17.6 Å². The molecule has 0 atom stereocenters. The van der Waals surface area contributed by atoms with Gasteiger partial charge in [-0.3, -0.25) is 0 Å². The number of anilines is 2. The maximum atomic E-state index is 12.7. The van der Waals surface area contributed by atoms with Crippen molar-refractivity contribution in [2.24, 2.45) is 0 Å². The summed E-state index contributed by atoms with van der Waals surface area (Å²) < 4.78 is 5.33. The Morgan fingerprint density at radius 3 is 2.46 bits per heavy atom. The minimum atomic E-state index is -0.295. The number of rotatable bonds is 4. The van der Waals surface area contributed by atoms with Gasteiger partial charge in [0.25, 0.3) is 0 Å². The molecule has 0 amide bonds. The molecule has 0 saturated heterocycles. The van der Waals surface area contributed by atoms with E-state index in [1.807, 2.05) is 6.92 Å². The minimum absolute atomic E-state index is 0.295. The Kier molecular flexibility index (Phi) is 7.57. The molecule has 1 heterocycles. The summed E-state index contributed by atoms with van der Waals surface area (Å²) in [6, 6.07) is 5.13. The molecular formula is C20H22Cl2N2O2S2. The fraction of sp³-hybridized carbons (Fsp3) is 0.400. The standard InChI is InChI=1S/C20H22Cl2N2O2S2/c1-2-26-19(25)17-15-7-5-3-4-6-8-16(15)28-18(17)24-20(27)23-14-10-12(21)9-13(22)11-14/h9-11H,2-8H2,1H3,(H2,23,24,27). The second-order valence-electron chi connectivity index (χ2n) is 6.58. The molecule has 28 heavy (non-hydrogen) atoms. The number of aryl methyl sites for hydroxylation is 1. The molecule has 4 nitrogen and oxygen atoms in total.